The van der Waals surface area contributed by atoms with E-state index in [0.717, 1.165) is 28.2 Å². The smallest absolute Gasteiger partial charge is 0.263 e. The van der Waals surface area contributed by atoms with E-state index in [4.69, 9.17) is 9.47 Å². The van der Waals surface area contributed by atoms with E-state index in [2.05, 4.69) is 10.4 Å². The number of nitrogens with one attached hydrogen (secondary N) is 1. The summed E-state index contributed by atoms with van der Waals surface area (Å²) in [5.41, 5.74) is 3.07. The number of amides is 1. The van der Waals surface area contributed by atoms with Crippen molar-refractivity contribution in [3.05, 3.63) is 71.4 Å². The second kappa shape index (κ2) is 8.40. The third-order valence-corrected chi connectivity index (χ3v) is 4.23. The van der Waals surface area contributed by atoms with Gasteiger partial charge >= 0.3 is 0 Å². The predicted octanol–water partition coefficient (Wildman–Crippen LogP) is 3.57. The molecule has 0 radical (unpaired) electrons. The average molecular weight is 365 g/mol. The summed E-state index contributed by atoms with van der Waals surface area (Å²) in [4.78, 5) is 12.3. The number of carbonyl (C=O) groups excluding carboxylic acids is 1. The Morgan fingerprint density at radius 2 is 1.78 bits per heavy atom. The van der Waals surface area contributed by atoms with Crippen LogP contribution in [-0.4, -0.2) is 29.4 Å². The van der Waals surface area contributed by atoms with E-state index in [-0.39, 0.29) is 12.5 Å². The second-order valence-electron chi connectivity index (χ2n) is 6.28. The Morgan fingerprint density at radius 1 is 1.07 bits per heavy atom. The van der Waals surface area contributed by atoms with Gasteiger partial charge in [0, 0.05) is 6.07 Å². The Morgan fingerprint density at radius 3 is 2.44 bits per heavy atom. The molecule has 0 aliphatic heterocycles. The first-order chi connectivity index (χ1) is 13.1. The lowest BCUT2D eigenvalue weighted by Gasteiger charge is -2.13. The molecule has 0 bridgehead atoms. The zero-order valence-electron chi connectivity index (χ0n) is 15.7. The lowest BCUT2D eigenvalue weighted by Crippen LogP contribution is -2.22. The highest BCUT2D eigenvalue weighted by Crippen LogP contribution is 2.22. The third kappa shape index (κ3) is 4.67. The van der Waals surface area contributed by atoms with E-state index in [0.29, 0.717) is 12.4 Å². The Bertz CT molecular complexity index is 896. The molecule has 2 aromatic carbocycles. The van der Waals surface area contributed by atoms with Gasteiger partial charge in [0.05, 0.1) is 19.9 Å². The molecule has 0 atom stereocenters. The van der Waals surface area contributed by atoms with Crippen LogP contribution in [0.2, 0.25) is 0 Å². The van der Waals surface area contributed by atoms with Crippen LogP contribution < -0.4 is 14.8 Å². The maximum absolute atomic E-state index is 12.3. The molecule has 6 nitrogen and oxygen atoms in total. The van der Waals surface area contributed by atoms with Crippen molar-refractivity contribution in [3.8, 4) is 11.5 Å². The summed E-state index contributed by atoms with van der Waals surface area (Å²) in [6, 6.07) is 15.4. The molecule has 0 saturated heterocycles. The molecule has 1 aromatic heterocycles. The molecule has 140 valence electrons. The molecular formula is C21H23N3O3. The minimum Gasteiger partial charge on any atom is -0.497 e. The first kappa shape index (κ1) is 18.5. The van der Waals surface area contributed by atoms with Crippen LogP contribution in [0.3, 0.4) is 0 Å². The fraction of sp³-hybridized carbons (Fsp3) is 0.238. The van der Waals surface area contributed by atoms with Crippen LogP contribution in [0.4, 0.5) is 5.82 Å². The Kier molecular flexibility index (Phi) is 5.76. The van der Waals surface area contributed by atoms with Gasteiger partial charge in [-0.25, -0.2) is 4.68 Å². The predicted molar refractivity (Wildman–Crippen MR) is 104 cm³/mol. The Balaban J connectivity index is 1.61. The van der Waals surface area contributed by atoms with E-state index in [9.17, 15) is 4.79 Å². The SMILES string of the molecule is COc1ccc(Cn2nccc2NC(=O)COc2c(C)cccc2C)cc1. The topological polar surface area (TPSA) is 65.4 Å². The molecule has 6 heteroatoms. The van der Waals surface area contributed by atoms with Gasteiger partial charge in [0.2, 0.25) is 0 Å². The molecule has 1 N–H and O–H groups in total. The number of nitrogens with zero attached hydrogens (tertiary/aromatic N) is 2. The number of anilines is 1. The summed E-state index contributed by atoms with van der Waals surface area (Å²) in [6.07, 6.45) is 1.66. The van der Waals surface area contributed by atoms with Crippen LogP contribution in [0.25, 0.3) is 0 Å². The summed E-state index contributed by atoms with van der Waals surface area (Å²) in [5.74, 6) is 1.95. The van der Waals surface area contributed by atoms with Gasteiger partial charge in [0.1, 0.15) is 17.3 Å². The van der Waals surface area contributed by atoms with Gasteiger partial charge in [-0.3, -0.25) is 4.79 Å². The minimum atomic E-state index is -0.228. The van der Waals surface area contributed by atoms with Gasteiger partial charge in [-0.1, -0.05) is 30.3 Å². The molecule has 0 aliphatic rings. The standard InChI is InChI=1S/C21H23N3O3/c1-15-5-4-6-16(2)21(15)27-14-20(25)23-19-11-12-22-24(19)13-17-7-9-18(26-3)10-8-17/h4-12H,13-14H2,1-3H3,(H,23,25). The van der Waals surface area contributed by atoms with Gasteiger partial charge in [-0.15, -0.1) is 0 Å². The second-order valence-corrected chi connectivity index (χ2v) is 6.28. The summed E-state index contributed by atoms with van der Waals surface area (Å²) in [7, 11) is 1.64. The van der Waals surface area contributed by atoms with Crippen molar-refractivity contribution in [3.63, 3.8) is 0 Å². The molecule has 27 heavy (non-hydrogen) atoms. The van der Waals surface area contributed by atoms with Crippen molar-refractivity contribution < 1.29 is 14.3 Å². The number of hydrogen-bond acceptors (Lipinski definition) is 4. The number of para-hydroxylation sites is 1. The van der Waals surface area contributed by atoms with Crippen molar-refractivity contribution in [2.75, 3.05) is 19.0 Å². The van der Waals surface area contributed by atoms with Crippen molar-refractivity contribution in [2.24, 2.45) is 0 Å². The van der Waals surface area contributed by atoms with Crippen LogP contribution in [0, 0.1) is 13.8 Å². The number of ether oxygens (including phenoxy) is 2. The molecule has 0 saturated carbocycles. The van der Waals surface area contributed by atoms with Gasteiger partial charge in [-0.05, 0) is 42.7 Å². The van der Waals surface area contributed by atoms with Crippen LogP contribution in [0.1, 0.15) is 16.7 Å². The zero-order chi connectivity index (χ0) is 19.2. The summed E-state index contributed by atoms with van der Waals surface area (Å²) >= 11 is 0. The van der Waals surface area contributed by atoms with Crippen LogP contribution in [0.15, 0.2) is 54.7 Å². The van der Waals surface area contributed by atoms with Crippen LogP contribution in [-0.2, 0) is 11.3 Å². The lowest BCUT2D eigenvalue weighted by molar-refractivity contribution is -0.118. The van der Waals surface area contributed by atoms with Crippen molar-refractivity contribution in [1.29, 1.82) is 0 Å². The Hall–Kier alpha value is -3.28. The minimum absolute atomic E-state index is 0.0561. The molecule has 0 unspecified atom stereocenters. The van der Waals surface area contributed by atoms with Crippen molar-refractivity contribution >= 4 is 11.7 Å². The highest BCUT2D eigenvalue weighted by atomic mass is 16.5. The molecule has 0 fully saturated rings. The number of rotatable bonds is 7. The van der Waals surface area contributed by atoms with Gasteiger partial charge in [0.25, 0.3) is 5.91 Å². The molecule has 1 amide bonds. The monoisotopic (exact) mass is 365 g/mol. The van der Waals surface area contributed by atoms with Gasteiger partial charge < -0.3 is 14.8 Å². The number of benzene rings is 2. The average Bonchev–Trinajstić information content (AvgIpc) is 3.08. The maximum atomic E-state index is 12.3. The highest BCUT2D eigenvalue weighted by molar-refractivity contribution is 5.91. The van der Waals surface area contributed by atoms with E-state index in [1.54, 1.807) is 24.1 Å². The van der Waals surface area contributed by atoms with E-state index in [1.807, 2.05) is 56.3 Å². The molecule has 3 aromatic rings. The third-order valence-electron chi connectivity index (χ3n) is 4.23. The number of aromatic nitrogens is 2. The van der Waals surface area contributed by atoms with Crippen LogP contribution in [0.5, 0.6) is 11.5 Å². The first-order valence-electron chi connectivity index (χ1n) is 8.70. The number of aryl methyl sites for hydroxylation is 2. The Labute approximate surface area is 158 Å². The molecule has 0 aliphatic carbocycles. The number of methoxy groups -OCH3 is 1. The lowest BCUT2D eigenvalue weighted by atomic mass is 10.1. The van der Waals surface area contributed by atoms with E-state index in [1.165, 1.54) is 0 Å². The molecular weight excluding hydrogens is 342 g/mol. The molecule has 1 heterocycles. The zero-order valence-corrected chi connectivity index (χ0v) is 15.7. The summed E-state index contributed by atoms with van der Waals surface area (Å²) < 4.78 is 12.6. The number of hydrogen-bond donors (Lipinski definition) is 1. The van der Waals surface area contributed by atoms with Gasteiger partial charge in [0.15, 0.2) is 6.61 Å². The summed E-state index contributed by atoms with van der Waals surface area (Å²) in [5, 5.41) is 7.14. The van der Waals surface area contributed by atoms with Gasteiger partial charge in [-0.2, -0.15) is 5.10 Å². The molecule has 3 rings (SSSR count). The van der Waals surface area contributed by atoms with E-state index < -0.39 is 0 Å². The van der Waals surface area contributed by atoms with Crippen LogP contribution >= 0.6 is 0 Å². The quantitative estimate of drug-likeness (QED) is 0.695. The fourth-order valence-electron chi connectivity index (χ4n) is 2.81. The number of carbonyl (C=O) groups is 1. The maximum Gasteiger partial charge on any atom is 0.263 e. The first-order valence-corrected chi connectivity index (χ1v) is 8.70. The fourth-order valence-corrected chi connectivity index (χ4v) is 2.81. The van der Waals surface area contributed by atoms with E-state index >= 15 is 0 Å². The van der Waals surface area contributed by atoms with Crippen molar-refractivity contribution in [2.45, 2.75) is 20.4 Å². The largest absolute Gasteiger partial charge is 0.497 e. The normalized spacial score (nSPS) is 10.5. The summed E-state index contributed by atoms with van der Waals surface area (Å²) in [6.45, 7) is 4.41. The highest BCUT2D eigenvalue weighted by Gasteiger charge is 2.10. The molecule has 0 spiro atoms. The van der Waals surface area contributed by atoms with Crippen molar-refractivity contribution in [1.82, 2.24) is 9.78 Å².